The standard InChI is InChI=1S/C31H30N2O4S/c1-25(27-16-8-3-9-17-27)22-31(28-18-10-4-11-19-28,29-20-12-5-13-21-29)24-32-38(35,36)33-30(34)37-23-26-14-6-2-7-15-26/h2-21,32H,1,22-24H2,(H,33,34). The third-order valence-electron chi connectivity index (χ3n) is 6.34. The molecule has 0 aliphatic heterocycles. The highest BCUT2D eigenvalue weighted by atomic mass is 32.2. The van der Waals surface area contributed by atoms with Crippen molar-refractivity contribution in [1.82, 2.24) is 9.44 Å². The molecule has 6 nitrogen and oxygen atoms in total. The van der Waals surface area contributed by atoms with Crippen LogP contribution in [0.4, 0.5) is 4.79 Å². The van der Waals surface area contributed by atoms with E-state index in [0.29, 0.717) is 6.42 Å². The maximum atomic E-state index is 13.0. The van der Waals surface area contributed by atoms with Gasteiger partial charge in [-0.25, -0.2) is 9.52 Å². The molecule has 0 spiro atoms. The van der Waals surface area contributed by atoms with E-state index in [-0.39, 0.29) is 13.2 Å². The van der Waals surface area contributed by atoms with E-state index >= 15 is 0 Å². The maximum Gasteiger partial charge on any atom is 0.422 e. The molecule has 0 aliphatic carbocycles. The fourth-order valence-corrected chi connectivity index (χ4v) is 5.20. The lowest BCUT2D eigenvalue weighted by Gasteiger charge is -2.36. The van der Waals surface area contributed by atoms with E-state index < -0.39 is 21.7 Å². The lowest BCUT2D eigenvalue weighted by molar-refractivity contribution is 0.146. The molecular weight excluding hydrogens is 496 g/mol. The van der Waals surface area contributed by atoms with Crippen molar-refractivity contribution in [3.8, 4) is 0 Å². The van der Waals surface area contributed by atoms with Crippen LogP contribution in [0.1, 0.15) is 28.7 Å². The van der Waals surface area contributed by atoms with Crippen LogP contribution in [-0.4, -0.2) is 21.1 Å². The smallest absolute Gasteiger partial charge is 0.422 e. The molecule has 4 aromatic carbocycles. The predicted octanol–water partition coefficient (Wildman–Crippen LogP) is 5.84. The summed E-state index contributed by atoms with van der Waals surface area (Å²) in [6.45, 7) is 4.28. The van der Waals surface area contributed by atoms with Gasteiger partial charge in [-0.1, -0.05) is 128 Å². The monoisotopic (exact) mass is 526 g/mol. The zero-order valence-corrected chi connectivity index (χ0v) is 21.7. The van der Waals surface area contributed by atoms with Gasteiger partial charge in [-0.15, -0.1) is 0 Å². The first kappa shape index (κ1) is 26.9. The molecule has 0 aromatic heterocycles. The van der Waals surface area contributed by atoms with Crippen LogP contribution in [0.3, 0.4) is 0 Å². The molecule has 0 unspecified atom stereocenters. The number of hydrogen-bond acceptors (Lipinski definition) is 4. The van der Waals surface area contributed by atoms with E-state index in [2.05, 4.69) is 11.3 Å². The number of benzene rings is 4. The van der Waals surface area contributed by atoms with Gasteiger partial charge in [-0.2, -0.15) is 13.1 Å². The fraction of sp³-hybridized carbons (Fsp3) is 0.129. The number of amides is 1. The molecule has 4 aromatic rings. The van der Waals surface area contributed by atoms with Crippen LogP contribution in [0.15, 0.2) is 128 Å². The number of rotatable bonds is 11. The van der Waals surface area contributed by atoms with Gasteiger partial charge < -0.3 is 4.74 Å². The summed E-state index contributed by atoms with van der Waals surface area (Å²) in [5, 5.41) is 0. The molecule has 0 saturated heterocycles. The number of carbonyl (C=O) groups excluding carboxylic acids is 1. The average Bonchev–Trinajstić information content (AvgIpc) is 2.96. The molecule has 0 radical (unpaired) electrons. The number of ether oxygens (including phenoxy) is 1. The van der Waals surface area contributed by atoms with Crippen LogP contribution < -0.4 is 9.44 Å². The molecule has 7 heteroatoms. The Morgan fingerprint density at radius 2 is 1.21 bits per heavy atom. The van der Waals surface area contributed by atoms with Gasteiger partial charge in [0.2, 0.25) is 0 Å². The van der Waals surface area contributed by atoms with Crippen LogP contribution in [-0.2, 0) is 27.0 Å². The van der Waals surface area contributed by atoms with Crippen molar-refractivity contribution >= 4 is 21.9 Å². The molecule has 0 atom stereocenters. The van der Waals surface area contributed by atoms with Crippen LogP contribution in [0.5, 0.6) is 0 Å². The Bertz CT molecular complexity index is 1400. The topological polar surface area (TPSA) is 84.5 Å². The second kappa shape index (κ2) is 12.4. The molecule has 0 aliphatic rings. The fourth-order valence-electron chi connectivity index (χ4n) is 4.41. The number of carbonyl (C=O) groups is 1. The van der Waals surface area contributed by atoms with Crippen molar-refractivity contribution in [2.75, 3.05) is 6.54 Å². The highest BCUT2D eigenvalue weighted by Gasteiger charge is 2.36. The normalized spacial score (nSPS) is 11.5. The van der Waals surface area contributed by atoms with Crippen LogP contribution in [0.2, 0.25) is 0 Å². The van der Waals surface area contributed by atoms with Crippen molar-refractivity contribution < 1.29 is 17.9 Å². The van der Waals surface area contributed by atoms with Crippen molar-refractivity contribution in [3.63, 3.8) is 0 Å². The van der Waals surface area contributed by atoms with Gasteiger partial charge in [-0.3, -0.25) is 0 Å². The Hall–Kier alpha value is -4.20. The van der Waals surface area contributed by atoms with Crippen molar-refractivity contribution in [2.24, 2.45) is 0 Å². The third kappa shape index (κ3) is 6.97. The van der Waals surface area contributed by atoms with Gasteiger partial charge >= 0.3 is 16.3 Å². The van der Waals surface area contributed by atoms with E-state index in [4.69, 9.17) is 4.74 Å². The molecule has 0 saturated carbocycles. The summed E-state index contributed by atoms with van der Waals surface area (Å²) in [7, 11) is -4.24. The SMILES string of the molecule is C=C(CC(CNS(=O)(=O)NC(=O)OCc1ccccc1)(c1ccccc1)c1ccccc1)c1ccccc1. The van der Waals surface area contributed by atoms with Crippen molar-refractivity contribution in [1.29, 1.82) is 0 Å². The van der Waals surface area contributed by atoms with Gasteiger partial charge in [0.05, 0.1) is 0 Å². The van der Waals surface area contributed by atoms with Gasteiger partial charge in [0, 0.05) is 12.0 Å². The summed E-state index contributed by atoms with van der Waals surface area (Å²) in [5.74, 6) is 0. The first-order valence-corrected chi connectivity index (χ1v) is 13.7. The van der Waals surface area contributed by atoms with Gasteiger partial charge in [0.15, 0.2) is 0 Å². The summed E-state index contributed by atoms with van der Waals surface area (Å²) in [6, 6.07) is 38.2. The zero-order chi connectivity index (χ0) is 26.8. The van der Waals surface area contributed by atoms with E-state index in [1.165, 1.54) is 0 Å². The van der Waals surface area contributed by atoms with E-state index in [1.54, 1.807) is 12.1 Å². The molecule has 38 heavy (non-hydrogen) atoms. The predicted molar refractivity (Wildman–Crippen MR) is 150 cm³/mol. The zero-order valence-electron chi connectivity index (χ0n) is 20.9. The number of hydrogen-bond donors (Lipinski definition) is 2. The Labute approximate surface area is 224 Å². The minimum atomic E-state index is -4.24. The van der Waals surface area contributed by atoms with Gasteiger partial charge in [-0.05, 0) is 34.2 Å². The molecule has 4 rings (SSSR count). The van der Waals surface area contributed by atoms with Gasteiger partial charge in [0.25, 0.3) is 0 Å². The second-order valence-corrected chi connectivity index (χ2v) is 10.4. The molecule has 194 valence electrons. The lowest BCUT2D eigenvalue weighted by atomic mass is 9.70. The van der Waals surface area contributed by atoms with E-state index in [1.807, 2.05) is 114 Å². The Kier molecular flexibility index (Phi) is 8.73. The average molecular weight is 527 g/mol. The Morgan fingerprint density at radius 3 is 1.74 bits per heavy atom. The first-order valence-electron chi connectivity index (χ1n) is 12.2. The van der Waals surface area contributed by atoms with Gasteiger partial charge in [0.1, 0.15) is 6.61 Å². The second-order valence-electron chi connectivity index (χ2n) is 8.95. The molecular formula is C31H30N2O4S. The summed E-state index contributed by atoms with van der Waals surface area (Å²) >= 11 is 0. The summed E-state index contributed by atoms with van der Waals surface area (Å²) in [4.78, 5) is 12.3. The highest BCUT2D eigenvalue weighted by molar-refractivity contribution is 7.88. The minimum Gasteiger partial charge on any atom is -0.444 e. The Balaban J connectivity index is 1.60. The van der Waals surface area contributed by atoms with E-state index in [9.17, 15) is 13.2 Å². The van der Waals surface area contributed by atoms with Crippen LogP contribution in [0.25, 0.3) is 5.57 Å². The lowest BCUT2D eigenvalue weighted by Crippen LogP contribution is -2.47. The first-order chi connectivity index (χ1) is 18.4. The van der Waals surface area contributed by atoms with Crippen molar-refractivity contribution in [3.05, 3.63) is 150 Å². The largest absolute Gasteiger partial charge is 0.444 e. The highest BCUT2D eigenvalue weighted by Crippen LogP contribution is 2.40. The summed E-state index contributed by atoms with van der Waals surface area (Å²) in [5.41, 5.74) is 3.59. The maximum absolute atomic E-state index is 13.0. The number of allylic oxidation sites excluding steroid dienone is 1. The minimum absolute atomic E-state index is 0.0197. The molecule has 1 amide bonds. The van der Waals surface area contributed by atoms with Crippen LogP contribution >= 0.6 is 0 Å². The third-order valence-corrected chi connectivity index (χ3v) is 7.30. The number of nitrogens with one attached hydrogen (secondary N) is 2. The molecule has 0 heterocycles. The summed E-state index contributed by atoms with van der Waals surface area (Å²) < 4.78 is 35.6. The van der Waals surface area contributed by atoms with E-state index in [0.717, 1.165) is 27.8 Å². The van der Waals surface area contributed by atoms with Crippen LogP contribution in [0, 0.1) is 0 Å². The molecule has 0 fully saturated rings. The molecule has 2 N–H and O–H groups in total. The Morgan fingerprint density at radius 1 is 0.737 bits per heavy atom. The summed E-state index contributed by atoms with van der Waals surface area (Å²) in [6.07, 6.45) is -0.619. The quantitative estimate of drug-likeness (QED) is 0.257. The molecule has 0 bridgehead atoms. The van der Waals surface area contributed by atoms with Crippen molar-refractivity contribution in [2.45, 2.75) is 18.4 Å².